The monoisotopic (exact) mass is 337 g/mol. The Bertz CT molecular complexity index is 814. The summed E-state index contributed by atoms with van der Waals surface area (Å²) in [6.07, 6.45) is 0. The number of hydrogen-bond acceptors (Lipinski definition) is 5. The first-order chi connectivity index (χ1) is 10.9. The Hall–Kier alpha value is -2.74. The Morgan fingerprint density at radius 3 is 2.22 bits per heavy atom. The molecule has 0 fully saturated rings. The number of ether oxygens (including phenoxy) is 2. The number of rotatable bonds is 6. The molecule has 0 heterocycles. The first-order valence-electron chi connectivity index (χ1n) is 6.45. The maximum Gasteiger partial charge on any atom is 0.335 e. The highest BCUT2D eigenvalue weighted by atomic mass is 32.2. The normalized spacial score (nSPS) is 10.9. The Labute approximate surface area is 133 Å². The van der Waals surface area contributed by atoms with Crippen molar-refractivity contribution in [3.63, 3.8) is 0 Å². The summed E-state index contributed by atoms with van der Waals surface area (Å²) in [6.45, 7) is 0. The van der Waals surface area contributed by atoms with Crippen molar-refractivity contribution in [2.24, 2.45) is 0 Å². The van der Waals surface area contributed by atoms with Crippen molar-refractivity contribution in [3.05, 3.63) is 48.0 Å². The molecule has 122 valence electrons. The van der Waals surface area contributed by atoms with Crippen LogP contribution in [0.1, 0.15) is 10.4 Å². The summed E-state index contributed by atoms with van der Waals surface area (Å²) in [5, 5.41) is 8.84. The molecular weight excluding hydrogens is 322 g/mol. The second-order valence-electron chi connectivity index (χ2n) is 4.50. The molecule has 2 aromatic carbocycles. The van der Waals surface area contributed by atoms with E-state index in [0.717, 1.165) is 0 Å². The molecule has 8 heteroatoms. The molecule has 2 N–H and O–H groups in total. The molecule has 2 rings (SSSR count). The van der Waals surface area contributed by atoms with Crippen LogP contribution in [0.4, 0.5) is 5.69 Å². The fourth-order valence-electron chi connectivity index (χ4n) is 1.87. The minimum Gasteiger partial charge on any atom is -0.497 e. The Morgan fingerprint density at radius 2 is 1.70 bits per heavy atom. The average molecular weight is 337 g/mol. The van der Waals surface area contributed by atoms with Crippen LogP contribution in [0.5, 0.6) is 11.5 Å². The summed E-state index contributed by atoms with van der Waals surface area (Å²) in [5.41, 5.74) is 0.220. The highest BCUT2D eigenvalue weighted by molar-refractivity contribution is 7.92. The zero-order chi connectivity index (χ0) is 17.0. The quantitative estimate of drug-likeness (QED) is 0.838. The number of carboxylic acids is 1. The SMILES string of the molecule is COc1ccc(OC)c(NS(=O)(=O)c2ccc(C(=O)O)cc2)c1. The van der Waals surface area contributed by atoms with Gasteiger partial charge in [-0.25, -0.2) is 13.2 Å². The number of methoxy groups -OCH3 is 2. The second kappa shape index (κ2) is 6.57. The van der Waals surface area contributed by atoms with E-state index in [9.17, 15) is 13.2 Å². The van der Waals surface area contributed by atoms with Crippen LogP contribution < -0.4 is 14.2 Å². The highest BCUT2D eigenvalue weighted by Crippen LogP contribution is 2.30. The van der Waals surface area contributed by atoms with Crippen LogP contribution in [0.15, 0.2) is 47.4 Å². The largest absolute Gasteiger partial charge is 0.497 e. The van der Waals surface area contributed by atoms with Gasteiger partial charge in [0, 0.05) is 6.07 Å². The number of hydrogen-bond donors (Lipinski definition) is 2. The van der Waals surface area contributed by atoms with Gasteiger partial charge in [-0.2, -0.15) is 0 Å². The lowest BCUT2D eigenvalue weighted by Crippen LogP contribution is -2.14. The van der Waals surface area contributed by atoms with Crippen LogP contribution in [0.25, 0.3) is 0 Å². The predicted octanol–water partition coefficient (Wildman–Crippen LogP) is 2.20. The molecule has 0 aliphatic heterocycles. The number of benzene rings is 2. The van der Waals surface area contributed by atoms with E-state index in [-0.39, 0.29) is 16.1 Å². The van der Waals surface area contributed by atoms with Crippen molar-refractivity contribution in [2.75, 3.05) is 18.9 Å². The van der Waals surface area contributed by atoms with Crippen molar-refractivity contribution < 1.29 is 27.8 Å². The van der Waals surface area contributed by atoms with E-state index in [4.69, 9.17) is 14.6 Å². The summed E-state index contributed by atoms with van der Waals surface area (Å²) in [6, 6.07) is 9.58. The van der Waals surface area contributed by atoms with Crippen LogP contribution in [0.3, 0.4) is 0 Å². The molecule has 0 amide bonds. The molecule has 0 aliphatic carbocycles. The van der Waals surface area contributed by atoms with Gasteiger partial charge in [-0.3, -0.25) is 4.72 Å². The van der Waals surface area contributed by atoms with Crippen LogP contribution in [-0.2, 0) is 10.0 Å². The van der Waals surface area contributed by atoms with Crippen LogP contribution in [-0.4, -0.2) is 33.7 Å². The van der Waals surface area contributed by atoms with E-state index in [0.29, 0.717) is 11.5 Å². The smallest absolute Gasteiger partial charge is 0.335 e. The lowest BCUT2D eigenvalue weighted by molar-refractivity contribution is 0.0696. The third-order valence-corrected chi connectivity index (χ3v) is 4.44. The summed E-state index contributed by atoms with van der Waals surface area (Å²) < 4.78 is 37.4. The lowest BCUT2D eigenvalue weighted by Gasteiger charge is -2.13. The van der Waals surface area contributed by atoms with E-state index < -0.39 is 16.0 Å². The van der Waals surface area contributed by atoms with Crippen molar-refractivity contribution in [3.8, 4) is 11.5 Å². The van der Waals surface area contributed by atoms with Gasteiger partial charge >= 0.3 is 5.97 Å². The average Bonchev–Trinajstić information content (AvgIpc) is 2.54. The number of carbonyl (C=O) groups is 1. The summed E-state index contributed by atoms with van der Waals surface area (Å²) in [7, 11) is -1.01. The van der Waals surface area contributed by atoms with Gasteiger partial charge in [0.1, 0.15) is 11.5 Å². The Kier molecular flexibility index (Phi) is 4.75. The van der Waals surface area contributed by atoms with E-state index in [2.05, 4.69) is 4.72 Å². The van der Waals surface area contributed by atoms with Gasteiger partial charge in [-0.05, 0) is 36.4 Å². The maximum absolute atomic E-state index is 12.4. The molecule has 0 aromatic heterocycles. The van der Waals surface area contributed by atoms with Crippen LogP contribution in [0.2, 0.25) is 0 Å². The lowest BCUT2D eigenvalue weighted by atomic mass is 10.2. The van der Waals surface area contributed by atoms with Crippen LogP contribution >= 0.6 is 0 Å². The van der Waals surface area contributed by atoms with Crippen molar-refractivity contribution in [1.82, 2.24) is 0 Å². The Balaban J connectivity index is 2.36. The number of carboxylic acid groups (broad SMARTS) is 1. The standard InChI is InChI=1S/C15H15NO6S/c1-21-11-5-8-14(22-2)13(9-11)16-23(19,20)12-6-3-10(4-7-12)15(17)18/h3-9,16H,1-2H3,(H,17,18). The van der Waals surface area contributed by atoms with Gasteiger partial charge in [0.25, 0.3) is 10.0 Å². The van der Waals surface area contributed by atoms with E-state index in [1.54, 1.807) is 12.1 Å². The van der Waals surface area contributed by atoms with Gasteiger partial charge < -0.3 is 14.6 Å². The molecule has 7 nitrogen and oxygen atoms in total. The first-order valence-corrected chi connectivity index (χ1v) is 7.94. The fourth-order valence-corrected chi connectivity index (χ4v) is 2.94. The molecule has 0 spiro atoms. The van der Waals surface area contributed by atoms with Gasteiger partial charge in [-0.15, -0.1) is 0 Å². The maximum atomic E-state index is 12.4. The molecule has 0 unspecified atom stereocenters. The van der Waals surface area contributed by atoms with E-state index in [1.165, 1.54) is 44.6 Å². The van der Waals surface area contributed by atoms with Crippen molar-refractivity contribution >= 4 is 21.7 Å². The number of anilines is 1. The third-order valence-electron chi connectivity index (χ3n) is 3.06. The number of sulfonamides is 1. The predicted molar refractivity (Wildman–Crippen MR) is 83.8 cm³/mol. The zero-order valence-electron chi connectivity index (χ0n) is 12.4. The summed E-state index contributed by atoms with van der Waals surface area (Å²) >= 11 is 0. The second-order valence-corrected chi connectivity index (χ2v) is 6.18. The highest BCUT2D eigenvalue weighted by Gasteiger charge is 2.17. The molecule has 0 saturated heterocycles. The first kappa shape index (κ1) is 16.6. The molecule has 0 aliphatic rings. The molecule has 0 bridgehead atoms. The van der Waals surface area contributed by atoms with Gasteiger partial charge in [-0.1, -0.05) is 0 Å². The topological polar surface area (TPSA) is 102 Å². The number of nitrogens with one attached hydrogen (secondary N) is 1. The molecule has 0 saturated carbocycles. The molecule has 0 radical (unpaired) electrons. The fraction of sp³-hybridized carbons (Fsp3) is 0.133. The summed E-state index contributed by atoms with van der Waals surface area (Å²) in [4.78, 5) is 10.7. The third kappa shape index (κ3) is 3.72. The Morgan fingerprint density at radius 1 is 1.04 bits per heavy atom. The molecule has 2 aromatic rings. The minimum absolute atomic E-state index is 0.00270. The molecular formula is C15H15NO6S. The minimum atomic E-state index is -3.89. The van der Waals surface area contributed by atoms with Crippen molar-refractivity contribution in [2.45, 2.75) is 4.90 Å². The summed E-state index contributed by atoms with van der Waals surface area (Å²) in [5.74, 6) is -0.336. The van der Waals surface area contributed by atoms with Crippen molar-refractivity contribution in [1.29, 1.82) is 0 Å². The van der Waals surface area contributed by atoms with E-state index >= 15 is 0 Å². The zero-order valence-corrected chi connectivity index (χ0v) is 13.3. The number of aromatic carboxylic acids is 1. The molecule has 23 heavy (non-hydrogen) atoms. The molecule has 0 atom stereocenters. The van der Waals surface area contributed by atoms with Crippen LogP contribution in [0, 0.1) is 0 Å². The van der Waals surface area contributed by atoms with Gasteiger partial charge in [0.2, 0.25) is 0 Å². The van der Waals surface area contributed by atoms with Gasteiger partial charge in [0.05, 0.1) is 30.4 Å². The van der Waals surface area contributed by atoms with Gasteiger partial charge in [0.15, 0.2) is 0 Å². The van der Waals surface area contributed by atoms with E-state index in [1.807, 2.05) is 0 Å².